The van der Waals surface area contributed by atoms with Crippen molar-refractivity contribution >= 4 is 51.5 Å². The monoisotopic (exact) mass is 578 g/mol. The SMILES string of the molecule is CCOc1cc(/C=C2\C(=O)NC(=O)N(c3ccc(C(=O)O)cc3)C2=O)cc(Br)c1OCc1ccc(C)cc1. The number of hydrogen-bond donors (Lipinski definition) is 2. The predicted octanol–water partition coefficient (Wildman–Crippen LogP) is 5.10. The minimum Gasteiger partial charge on any atom is -0.490 e. The van der Waals surface area contributed by atoms with Gasteiger partial charge in [-0.1, -0.05) is 29.8 Å². The third kappa shape index (κ3) is 5.76. The van der Waals surface area contributed by atoms with E-state index in [-0.39, 0.29) is 16.8 Å². The number of amides is 4. The number of hydrogen-bond acceptors (Lipinski definition) is 6. The number of nitrogens with one attached hydrogen (secondary N) is 1. The Morgan fingerprint density at radius 1 is 1.03 bits per heavy atom. The zero-order valence-corrected chi connectivity index (χ0v) is 22.1. The first-order chi connectivity index (χ1) is 18.2. The molecule has 0 aromatic heterocycles. The molecule has 0 atom stereocenters. The van der Waals surface area contributed by atoms with Crippen LogP contribution in [0.15, 0.2) is 70.7 Å². The average Bonchev–Trinajstić information content (AvgIpc) is 2.87. The third-order valence-electron chi connectivity index (χ3n) is 5.62. The van der Waals surface area contributed by atoms with Crippen LogP contribution in [0.4, 0.5) is 10.5 Å². The molecule has 38 heavy (non-hydrogen) atoms. The quantitative estimate of drug-likeness (QED) is 0.281. The number of imide groups is 2. The molecule has 0 saturated carbocycles. The maximum absolute atomic E-state index is 13.2. The van der Waals surface area contributed by atoms with Crippen molar-refractivity contribution in [2.75, 3.05) is 11.5 Å². The molecule has 1 fully saturated rings. The molecule has 1 saturated heterocycles. The zero-order chi connectivity index (χ0) is 27.4. The summed E-state index contributed by atoms with van der Waals surface area (Å²) in [7, 11) is 0. The van der Waals surface area contributed by atoms with Gasteiger partial charge in [0.15, 0.2) is 11.5 Å². The van der Waals surface area contributed by atoms with E-state index in [1.54, 1.807) is 12.1 Å². The number of anilines is 1. The van der Waals surface area contributed by atoms with E-state index in [9.17, 15) is 19.2 Å². The second-order valence-corrected chi connectivity index (χ2v) is 9.20. The van der Waals surface area contributed by atoms with E-state index in [1.807, 2.05) is 38.1 Å². The molecule has 0 unspecified atom stereocenters. The van der Waals surface area contributed by atoms with Gasteiger partial charge in [0, 0.05) is 0 Å². The minimum atomic E-state index is -1.15. The molecule has 1 aliphatic heterocycles. The number of halogens is 1. The molecular formula is C28H23BrN2O7. The number of benzene rings is 3. The third-order valence-corrected chi connectivity index (χ3v) is 6.21. The lowest BCUT2D eigenvalue weighted by Crippen LogP contribution is -2.54. The zero-order valence-electron chi connectivity index (χ0n) is 20.5. The van der Waals surface area contributed by atoms with Crippen LogP contribution in [0.3, 0.4) is 0 Å². The number of rotatable bonds is 8. The molecule has 3 aromatic rings. The molecule has 9 nitrogen and oxygen atoms in total. The van der Waals surface area contributed by atoms with Gasteiger partial charge in [-0.15, -0.1) is 0 Å². The van der Waals surface area contributed by atoms with Gasteiger partial charge in [-0.2, -0.15) is 0 Å². The minimum absolute atomic E-state index is 0.0107. The summed E-state index contributed by atoms with van der Waals surface area (Å²) in [6.07, 6.45) is 1.35. The number of ether oxygens (including phenoxy) is 2. The Morgan fingerprint density at radius 3 is 2.34 bits per heavy atom. The van der Waals surface area contributed by atoms with Gasteiger partial charge in [0.05, 0.1) is 22.3 Å². The summed E-state index contributed by atoms with van der Waals surface area (Å²) in [5.74, 6) is -1.99. The lowest BCUT2D eigenvalue weighted by atomic mass is 10.1. The maximum atomic E-state index is 13.2. The molecule has 0 aliphatic carbocycles. The van der Waals surface area contributed by atoms with Crippen LogP contribution in [0.2, 0.25) is 0 Å². The molecule has 0 bridgehead atoms. The molecule has 0 spiro atoms. The van der Waals surface area contributed by atoms with Crippen molar-refractivity contribution in [2.45, 2.75) is 20.5 Å². The Kier molecular flexibility index (Phi) is 7.92. The van der Waals surface area contributed by atoms with Crippen LogP contribution in [0.25, 0.3) is 6.08 Å². The molecule has 1 aliphatic rings. The average molecular weight is 579 g/mol. The van der Waals surface area contributed by atoms with E-state index in [0.717, 1.165) is 16.0 Å². The van der Waals surface area contributed by atoms with Gasteiger partial charge >= 0.3 is 12.0 Å². The first kappa shape index (κ1) is 26.6. The van der Waals surface area contributed by atoms with E-state index in [4.69, 9.17) is 14.6 Å². The molecule has 2 N–H and O–H groups in total. The maximum Gasteiger partial charge on any atom is 0.335 e. The highest BCUT2D eigenvalue weighted by atomic mass is 79.9. The highest BCUT2D eigenvalue weighted by Crippen LogP contribution is 2.38. The van der Waals surface area contributed by atoms with Gasteiger partial charge in [-0.25, -0.2) is 14.5 Å². The van der Waals surface area contributed by atoms with E-state index < -0.39 is 23.8 Å². The number of carbonyl (C=O) groups excluding carboxylic acids is 3. The second-order valence-electron chi connectivity index (χ2n) is 8.35. The molecular weight excluding hydrogens is 556 g/mol. The van der Waals surface area contributed by atoms with Crippen LogP contribution in [0.1, 0.15) is 34.0 Å². The summed E-state index contributed by atoms with van der Waals surface area (Å²) in [4.78, 5) is 50.2. The topological polar surface area (TPSA) is 122 Å². The Labute approximate surface area is 226 Å². The van der Waals surface area contributed by atoms with Crippen LogP contribution in [0, 0.1) is 6.92 Å². The lowest BCUT2D eigenvalue weighted by Gasteiger charge is -2.26. The molecule has 4 amide bonds. The van der Waals surface area contributed by atoms with Gasteiger partial charge in [0.2, 0.25) is 0 Å². The molecule has 10 heteroatoms. The van der Waals surface area contributed by atoms with Crippen LogP contribution >= 0.6 is 15.9 Å². The summed E-state index contributed by atoms with van der Waals surface area (Å²) >= 11 is 3.49. The molecule has 1 heterocycles. The van der Waals surface area contributed by atoms with Crippen molar-refractivity contribution < 1.29 is 33.8 Å². The second kappa shape index (κ2) is 11.3. The van der Waals surface area contributed by atoms with Gasteiger partial charge in [0.1, 0.15) is 12.2 Å². The first-order valence-electron chi connectivity index (χ1n) is 11.6. The Bertz CT molecular complexity index is 1450. The highest BCUT2D eigenvalue weighted by molar-refractivity contribution is 9.10. The standard InChI is InChI=1S/C28H23BrN2O7/c1-3-37-23-14-18(13-22(29)24(23)38-15-17-6-4-16(2)5-7-17)12-21-25(32)30-28(36)31(26(21)33)20-10-8-19(9-11-20)27(34)35/h4-14H,3,15H2,1-2H3,(H,34,35)(H,30,32,36)/b21-12+. The number of carboxylic acid groups (broad SMARTS) is 1. The molecule has 3 aromatic carbocycles. The summed E-state index contributed by atoms with van der Waals surface area (Å²) in [6.45, 7) is 4.47. The number of urea groups is 1. The Balaban J connectivity index is 1.64. The normalized spacial score (nSPS) is 14.4. The van der Waals surface area contributed by atoms with Gasteiger partial charge < -0.3 is 14.6 Å². The van der Waals surface area contributed by atoms with Crippen molar-refractivity contribution in [2.24, 2.45) is 0 Å². The van der Waals surface area contributed by atoms with Crippen molar-refractivity contribution in [3.63, 3.8) is 0 Å². The number of aromatic carboxylic acids is 1. The van der Waals surface area contributed by atoms with Crippen molar-refractivity contribution in [3.8, 4) is 11.5 Å². The van der Waals surface area contributed by atoms with E-state index in [0.29, 0.717) is 34.7 Å². The summed E-state index contributed by atoms with van der Waals surface area (Å²) in [5.41, 5.74) is 2.39. The van der Waals surface area contributed by atoms with Crippen LogP contribution in [-0.4, -0.2) is 35.5 Å². The highest BCUT2D eigenvalue weighted by Gasteiger charge is 2.37. The van der Waals surface area contributed by atoms with Crippen molar-refractivity contribution in [3.05, 3.63) is 93.0 Å². The number of carboxylic acids is 1. The molecule has 0 radical (unpaired) electrons. The van der Waals surface area contributed by atoms with Crippen LogP contribution in [-0.2, 0) is 16.2 Å². The van der Waals surface area contributed by atoms with Crippen molar-refractivity contribution in [1.82, 2.24) is 5.32 Å². The lowest BCUT2D eigenvalue weighted by molar-refractivity contribution is -0.122. The van der Waals surface area contributed by atoms with Crippen LogP contribution < -0.4 is 19.7 Å². The largest absolute Gasteiger partial charge is 0.490 e. The fourth-order valence-electron chi connectivity index (χ4n) is 3.73. The number of barbiturate groups is 1. The predicted molar refractivity (Wildman–Crippen MR) is 143 cm³/mol. The number of aryl methyl sites for hydroxylation is 1. The fraction of sp³-hybridized carbons (Fsp3) is 0.143. The van der Waals surface area contributed by atoms with Gasteiger partial charge in [0.25, 0.3) is 11.8 Å². The van der Waals surface area contributed by atoms with E-state index >= 15 is 0 Å². The number of nitrogens with zero attached hydrogens (tertiary/aromatic N) is 1. The Hall–Kier alpha value is -4.44. The summed E-state index contributed by atoms with van der Waals surface area (Å²) in [6, 6.07) is 15.5. The van der Waals surface area contributed by atoms with Crippen LogP contribution in [0.5, 0.6) is 11.5 Å². The number of carbonyl (C=O) groups is 4. The smallest absolute Gasteiger partial charge is 0.335 e. The molecule has 4 rings (SSSR count). The van der Waals surface area contributed by atoms with Crippen molar-refractivity contribution in [1.29, 1.82) is 0 Å². The fourth-order valence-corrected chi connectivity index (χ4v) is 4.30. The summed E-state index contributed by atoms with van der Waals surface area (Å²) in [5, 5.41) is 11.2. The summed E-state index contributed by atoms with van der Waals surface area (Å²) < 4.78 is 12.3. The molecule has 194 valence electrons. The first-order valence-corrected chi connectivity index (χ1v) is 12.4. The van der Waals surface area contributed by atoms with Gasteiger partial charge in [-0.3, -0.25) is 14.9 Å². The Morgan fingerprint density at radius 2 is 1.71 bits per heavy atom. The van der Waals surface area contributed by atoms with E-state index in [1.165, 1.54) is 30.3 Å². The van der Waals surface area contributed by atoms with Gasteiger partial charge in [-0.05, 0) is 83.4 Å². The van der Waals surface area contributed by atoms with E-state index in [2.05, 4.69) is 21.2 Å².